The molecule has 0 aromatic heterocycles. The van der Waals surface area contributed by atoms with Crippen molar-refractivity contribution < 1.29 is 18.0 Å². The summed E-state index contributed by atoms with van der Waals surface area (Å²) in [6, 6.07) is 7.25. The molecule has 114 valence electrons. The zero-order valence-electron chi connectivity index (χ0n) is 11.5. The lowest BCUT2D eigenvalue weighted by Crippen LogP contribution is -2.35. The molecule has 2 amide bonds. The number of hydrogen-bond donors (Lipinski definition) is 3. The summed E-state index contributed by atoms with van der Waals surface area (Å²) >= 11 is 0. The lowest BCUT2D eigenvalue weighted by molar-refractivity contribution is -0.125. The van der Waals surface area contributed by atoms with E-state index in [4.69, 9.17) is 0 Å². The highest BCUT2D eigenvalue weighted by molar-refractivity contribution is 7.88. The van der Waals surface area contributed by atoms with Crippen molar-refractivity contribution in [2.75, 3.05) is 24.7 Å². The molecule has 0 bridgehead atoms. The fourth-order valence-electron chi connectivity index (χ4n) is 2.17. The summed E-state index contributed by atoms with van der Waals surface area (Å²) in [5.74, 6) is -0.980. The Kier molecular flexibility index (Phi) is 4.59. The van der Waals surface area contributed by atoms with Gasteiger partial charge < -0.3 is 10.6 Å². The molecule has 3 N–H and O–H groups in total. The van der Waals surface area contributed by atoms with Gasteiger partial charge in [0.05, 0.1) is 12.2 Å². The molecule has 0 spiro atoms. The molecule has 0 saturated carbocycles. The topological polar surface area (TPSA) is 104 Å². The fourth-order valence-corrected chi connectivity index (χ4v) is 2.65. The molecule has 0 saturated heterocycles. The van der Waals surface area contributed by atoms with E-state index < -0.39 is 15.9 Å². The van der Waals surface area contributed by atoms with Gasteiger partial charge in [0.25, 0.3) is 0 Å². The molecule has 1 aromatic carbocycles. The summed E-state index contributed by atoms with van der Waals surface area (Å²) in [5.41, 5.74) is 1.55. The van der Waals surface area contributed by atoms with Crippen LogP contribution in [0.4, 0.5) is 5.69 Å². The van der Waals surface area contributed by atoms with E-state index in [9.17, 15) is 18.0 Å². The normalized spacial score (nSPS) is 17.2. The van der Waals surface area contributed by atoms with Gasteiger partial charge in [-0.1, -0.05) is 18.2 Å². The number of nitrogens with one attached hydrogen (secondary N) is 3. The van der Waals surface area contributed by atoms with Gasteiger partial charge in [0, 0.05) is 25.2 Å². The summed E-state index contributed by atoms with van der Waals surface area (Å²) < 4.78 is 24.0. The van der Waals surface area contributed by atoms with Crippen LogP contribution in [0.15, 0.2) is 24.3 Å². The first-order valence-electron chi connectivity index (χ1n) is 6.48. The maximum absolute atomic E-state index is 11.8. The number of fused-ring (bicyclic) bond motifs is 1. The average Bonchev–Trinajstić information content (AvgIpc) is 2.70. The van der Waals surface area contributed by atoms with Gasteiger partial charge in [0.1, 0.15) is 0 Å². The van der Waals surface area contributed by atoms with E-state index in [0.29, 0.717) is 0 Å². The van der Waals surface area contributed by atoms with Gasteiger partial charge >= 0.3 is 0 Å². The van der Waals surface area contributed by atoms with Gasteiger partial charge in [0.15, 0.2) is 0 Å². The number of para-hydroxylation sites is 1. The van der Waals surface area contributed by atoms with E-state index in [2.05, 4.69) is 15.4 Å². The highest BCUT2D eigenvalue weighted by Gasteiger charge is 2.31. The molecule has 1 aliphatic heterocycles. The highest BCUT2D eigenvalue weighted by atomic mass is 32.2. The molecule has 2 rings (SSSR count). The predicted molar refractivity (Wildman–Crippen MR) is 78.3 cm³/mol. The molecule has 1 aromatic rings. The fraction of sp³-hybridized carbons (Fsp3) is 0.385. The minimum atomic E-state index is -3.26. The van der Waals surface area contributed by atoms with Crippen molar-refractivity contribution >= 4 is 27.5 Å². The number of anilines is 1. The van der Waals surface area contributed by atoms with Gasteiger partial charge in [-0.3, -0.25) is 9.59 Å². The molecule has 7 nitrogen and oxygen atoms in total. The zero-order chi connectivity index (χ0) is 15.5. The van der Waals surface area contributed by atoms with Gasteiger partial charge in [0.2, 0.25) is 21.8 Å². The van der Waals surface area contributed by atoms with Gasteiger partial charge in [-0.2, -0.15) is 0 Å². The first-order chi connectivity index (χ1) is 9.87. The van der Waals surface area contributed by atoms with Crippen molar-refractivity contribution in [2.24, 2.45) is 0 Å². The molecule has 8 heteroatoms. The molecule has 21 heavy (non-hydrogen) atoms. The molecule has 0 radical (unpaired) electrons. The lowest BCUT2D eigenvalue weighted by Gasteiger charge is -2.09. The molecule has 1 aliphatic rings. The van der Waals surface area contributed by atoms with Crippen LogP contribution in [0.5, 0.6) is 0 Å². The maximum Gasteiger partial charge on any atom is 0.232 e. The number of sulfonamides is 1. The third-order valence-corrected chi connectivity index (χ3v) is 3.84. The summed E-state index contributed by atoms with van der Waals surface area (Å²) in [6.45, 7) is 0.305. The van der Waals surface area contributed by atoms with Crippen molar-refractivity contribution in [3.8, 4) is 0 Å². The second-order valence-corrected chi connectivity index (χ2v) is 6.68. The van der Waals surface area contributed by atoms with Gasteiger partial charge in [-0.15, -0.1) is 0 Å². The first-order valence-corrected chi connectivity index (χ1v) is 8.37. The molecule has 0 fully saturated rings. The summed E-state index contributed by atoms with van der Waals surface area (Å²) in [6.07, 6.45) is 1.09. The van der Waals surface area contributed by atoms with Crippen LogP contribution < -0.4 is 15.4 Å². The van der Waals surface area contributed by atoms with Crippen LogP contribution in [-0.2, 0) is 19.6 Å². The largest absolute Gasteiger partial charge is 0.355 e. The minimum absolute atomic E-state index is 0.0434. The molecular weight excluding hydrogens is 294 g/mol. The molecule has 1 unspecified atom stereocenters. The number of hydrogen-bond acceptors (Lipinski definition) is 4. The monoisotopic (exact) mass is 311 g/mol. The summed E-state index contributed by atoms with van der Waals surface area (Å²) in [5, 5.41) is 5.32. The first kappa shape index (κ1) is 15.5. The van der Waals surface area contributed by atoms with E-state index >= 15 is 0 Å². The smallest absolute Gasteiger partial charge is 0.232 e. The number of carbonyl (C=O) groups excluding carboxylic acids is 2. The second kappa shape index (κ2) is 6.23. The third kappa shape index (κ3) is 4.27. The SMILES string of the molecule is CS(=O)(=O)NCCNC(=O)CC1C(=O)Nc2ccccc21. The summed E-state index contributed by atoms with van der Waals surface area (Å²) in [7, 11) is -3.26. The Bertz CT molecular complexity index is 657. The number of carbonyl (C=O) groups is 2. The highest BCUT2D eigenvalue weighted by Crippen LogP contribution is 2.34. The standard InChI is InChI=1S/C13H17N3O4S/c1-21(19,20)15-7-6-14-12(17)8-10-9-4-2-3-5-11(9)16-13(10)18/h2-5,10,15H,6-8H2,1H3,(H,14,17)(H,16,18). The van der Waals surface area contributed by atoms with Gasteiger partial charge in [-0.05, 0) is 11.6 Å². The van der Waals surface area contributed by atoms with Crippen LogP contribution in [0.2, 0.25) is 0 Å². The molecule has 1 heterocycles. The predicted octanol–water partition coefficient (Wildman–Crippen LogP) is -0.222. The third-order valence-electron chi connectivity index (χ3n) is 3.11. The van der Waals surface area contributed by atoms with Crippen LogP contribution in [0.25, 0.3) is 0 Å². The van der Waals surface area contributed by atoms with Crippen molar-refractivity contribution in [3.63, 3.8) is 0 Å². The Morgan fingerprint density at radius 1 is 1.29 bits per heavy atom. The van der Waals surface area contributed by atoms with Crippen LogP contribution >= 0.6 is 0 Å². The minimum Gasteiger partial charge on any atom is -0.355 e. The summed E-state index contributed by atoms with van der Waals surface area (Å²) in [4.78, 5) is 23.7. The van der Waals surface area contributed by atoms with Crippen molar-refractivity contribution in [1.82, 2.24) is 10.0 Å². The van der Waals surface area contributed by atoms with Crippen LogP contribution in [-0.4, -0.2) is 39.6 Å². The van der Waals surface area contributed by atoms with Crippen LogP contribution in [0, 0.1) is 0 Å². The maximum atomic E-state index is 11.8. The quantitative estimate of drug-likeness (QED) is 0.632. The van der Waals surface area contributed by atoms with Crippen molar-refractivity contribution in [2.45, 2.75) is 12.3 Å². The Labute approximate surface area is 123 Å². The van der Waals surface area contributed by atoms with E-state index in [1.165, 1.54) is 0 Å². The van der Waals surface area contributed by atoms with Crippen molar-refractivity contribution in [3.05, 3.63) is 29.8 Å². The van der Waals surface area contributed by atoms with Gasteiger partial charge in [-0.25, -0.2) is 13.1 Å². The number of benzene rings is 1. The zero-order valence-corrected chi connectivity index (χ0v) is 12.4. The Morgan fingerprint density at radius 3 is 2.71 bits per heavy atom. The molecule has 0 aliphatic carbocycles. The second-order valence-electron chi connectivity index (χ2n) is 4.85. The average molecular weight is 311 g/mol. The lowest BCUT2D eigenvalue weighted by atomic mass is 9.97. The Morgan fingerprint density at radius 2 is 2.00 bits per heavy atom. The van der Waals surface area contributed by atoms with Crippen LogP contribution in [0.1, 0.15) is 17.9 Å². The van der Waals surface area contributed by atoms with Crippen molar-refractivity contribution in [1.29, 1.82) is 0 Å². The van der Waals surface area contributed by atoms with E-state index in [-0.39, 0.29) is 31.3 Å². The Hall–Kier alpha value is -1.93. The Balaban J connectivity index is 1.85. The number of amides is 2. The molecule has 1 atom stereocenters. The van der Waals surface area contributed by atoms with E-state index in [1.54, 1.807) is 6.07 Å². The number of rotatable bonds is 6. The van der Waals surface area contributed by atoms with E-state index in [1.807, 2.05) is 18.2 Å². The molecular formula is C13H17N3O4S. The van der Waals surface area contributed by atoms with E-state index in [0.717, 1.165) is 17.5 Å². The van der Waals surface area contributed by atoms with Crippen LogP contribution in [0.3, 0.4) is 0 Å².